The van der Waals surface area contributed by atoms with Gasteiger partial charge in [-0.15, -0.1) is 0 Å². The average Bonchev–Trinajstić information content (AvgIpc) is 2.72. The number of pyridine rings is 1. The summed E-state index contributed by atoms with van der Waals surface area (Å²) in [6, 6.07) is 14.5. The van der Waals surface area contributed by atoms with Gasteiger partial charge < -0.3 is 14.2 Å². The first kappa shape index (κ1) is 18.2. The fourth-order valence-corrected chi connectivity index (χ4v) is 2.59. The lowest BCUT2D eigenvalue weighted by molar-refractivity contribution is 0.0950. The molecule has 0 saturated carbocycles. The minimum absolute atomic E-state index is 0.288. The van der Waals surface area contributed by atoms with Crippen LogP contribution in [0.25, 0.3) is 10.9 Å². The number of hydrogen-bond acceptors (Lipinski definition) is 6. The lowest BCUT2D eigenvalue weighted by Crippen LogP contribution is -2.18. The number of aromatic nitrogens is 1. The maximum atomic E-state index is 12.3. The third kappa shape index (κ3) is 3.98. The fraction of sp³-hybridized carbons (Fsp3) is 0.150. The highest BCUT2D eigenvalue weighted by Gasteiger charge is 2.12. The summed E-state index contributed by atoms with van der Waals surface area (Å²) in [5.41, 5.74) is 4.18. The Kier molecular flexibility index (Phi) is 5.51. The predicted octanol–water partition coefficient (Wildman–Crippen LogP) is 3.02. The van der Waals surface area contributed by atoms with Gasteiger partial charge in [-0.25, -0.2) is 10.4 Å². The molecule has 7 nitrogen and oxygen atoms in total. The van der Waals surface area contributed by atoms with Crippen LogP contribution < -0.4 is 19.6 Å². The van der Waals surface area contributed by atoms with E-state index < -0.39 is 5.91 Å². The molecule has 0 atom stereocenters. The molecule has 0 aliphatic heterocycles. The number of ether oxygens (including phenoxy) is 3. The van der Waals surface area contributed by atoms with Gasteiger partial charge in [0.05, 0.1) is 33.1 Å². The highest BCUT2D eigenvalue weighted by molar-refractivity contribution is 5.95. The summed E-state index contributed by atoms with van der Waals surface area (Å²) in [6.07, 6.45) is 1.49. The van der Waals surface area contributed by atoms with Gasteiger partial charge in [0.2, 0.25) is 5.75 Å². The van der Waals surface area contributed by atoms with Gasteiger partial charge in [-0.3, -0.25) is 4.79 Å². The van der Waals surface area contributed by atoms with E-state index in [9.17, 15) is 4.79 Å². The first-order valence-electron chi connectivity index (χ1n) is 8.15. The Morgan fingerprint density at radius 1 is 1.00 bits per heavy atom. The van der Waals surface area contributed by atoms with Gasteiger partial charge in [-0.1, -0.05) is 24.3 Å². The topological polar surface area (TPSA) is 82.0 Å². The van der Waals surface area contributed by atoms with Crippen LogP contribution in [-0.4, -0.2) is 38.4 Å². The summed E-state index contributed by atoms with van der Waals surface area (Å²) < 4.78 is 15.9. The molecule has 0 unspecified atom stereocenters. The number of nitrogens with zero attached hydrogens (tertiary/aromatic N) is 2. The van der Waals surface area contributed by atoms with Crippen LogP contribution in [0, 0.1) is 0 Å². The number of hydrogen-bond donors (Lipinski definition) is 1. The van der Waals surface area contributed by atoms with Crippen molar-refractivity contribution >= 4 is 23.0 Å². The molecule has 1 aromatic heterocycles. The van der Waals surface area contributed by atoms with Gasteiger partial charge in [-0.05, 0) is 24.3 Å². The lowest BCUT2D eigenvalue weighted by Gasteiger charge is -2.12. The third-order valence-corrected chi connectivity index (χ3v) is 3.90. The van der Waals surface area contributed by atoms with Gasteiger partial charge in [0.25, 0.3) is 5.91 Å². The van der Waals surface area contributed by atoms with Crippen molar-refractivity contribution < 1.29 is 19.0 Å². The second-order valence-corrected chi connectivity index (χ2v) is 5.55. The van der Waals surface area contributed by atoms with E-state index in [1.807, 2.05) is 30.3 Å². The van der Waals surface area contributed by atoms with Crippen molar-refractivity contribution in [1.82, 2.24) is 10.4 Å². The summed E-state index contributed by atoms with van der Waals surface area (Å²) in [7, 11) is 4.60. The molecule has 27 heavy (non-hydrogen) atoms. The second-order valence-electron chi connectivity index (χ2n) is 5.55. The SMILES string of the molecule is COc1cc(/C=N/NC(=O)c2ccc3ccccc3n2)cc(OC)c1OC. The molecule has 0 radical (unpaired) electrons. The summed E-state index contributed by atoms with van der Waals surface area (Å²) in [5.74, 6) is 1.09. The first-order chi connectivity index (χ1) is 13.2. The molecule has 1 N–H and O–H groups in total. The number of hydrazone groups is 1. The predicted molar refractivity (Wildman–Crippen MR) is 103 cm³/mol. The van der Waals surface area contributed by atoms with E-state index in [1.54, 1.807) is 18.2 Å². The largest absolute Gasteiger partial charge is 0.493 e. The minimum Gasteiger partial charge on any atom is -0.493 e. The van der Waals surface area contributed by atoms with Crippen molar-refractivity contribution in [2.45, 2.75) is 0 Å². The zero-order valence-electron chi connectivity index (χ0n) is 15.2. The maximum absolute atomic E-state index is 12.3. The normalized spacial score (nSPS) is 10.8. The maximum Gasteiger partial charge on any atom is 0.289 e. The van der Waals surface area contributed by atoms with Crippen molar-refractivity contribution in [1.29, 1.82) is 0 Å². The van der Waals surface area contributed by atoms with Gasteiger partial charge in [0.15, 0.2) is 11.5 Å². The average molecular weight is 365 g/mol. The molecule has 138 valence electrons. The molecule has 0 fully saturated rings. The zero-order chi connectivity index (χ0) is 19.2. The Hall–Kier alpha value is -3.61. The molecule has 0 bridgehead atoms. The molecular weight excluding hydrogens is 346 g/mol. The van der Waals surface area contributed by atoms with Gasteiger partial charge in [0.1, 0.15) is 5.69 Å². The molecule has 0 aliphatic carbocycles. The molecular formula is C20H19N3O4. The van der Waals surface area contributed by atoms with E-state index >= 15 is 0 Å². The highest BCUT2D eigenvalue weighted by Crippen LogP contribution is 2.37. The Morgan fingerprint density at radius 2 is 1.70 bits per heavy atom. The summed E-state index contributed by atoms with van der Waals surface area (Å²) in [5, 5.41) is 4.96. The van der Waals surface area contributed by atoms with Crippen LogP contribution in [0.4, 0.5) is 0 Å². The molecule has 1 heterocycles. The standard InChI is InChI=1S/C20H19N3O4/c1-25-17-10-13(11-18(26-2)19(17)27-3)12-21-23-20(24)16-9-8-14-6-4-5-7-15(14)22-16/h4-12H,1-3H3,(H,23,24)/b21-12+. The van der Waals surface area contributed by atoms with Crippen LogP contribution in [0.15, 0.2) is 53.6 Å². The summed E-state index contributed by atoms with van der Waals surface area (Å²) in [6.45, 7) is 0. The number of carbonyl (C=O) groups excluding carboxylic acids is 1. The quantitative estimate of drug-likeness (QED) is 0.536. The summed E-state index contributed by atoms with van der Waals surface area (Å²) >= 11 is 0. The van der Waals surface area contributed by atoms with Gasteiger partial charge >= 0.3 is 0 Å². The summed E-state index contributed by atoms with van der Waals surface area (Å²) in [4.78, 5) is 16.6. The molecule has 0 spiro atoms. The van der Waals surface area contributed by atoms with Crippen molar-refractivity contribution in [2.75, 3.05) is 21.3 Å². The lowest BCUT2D eigenvalue weighted by atomic mass is 10.2. The molecule has 2 aromatic carbocycles. The third-order valence-electron chi connectivity index (χ3n) is 3.90. The van der Waals surface area contributed by atoms with E-state index in [-0.39, 0.29) is 5.69 Å². The van der Waals surface area contributed by atoms with Gasteiger partial charge in [-0.2, -0.15) is 5.10 Å². The number of benzene rings is 2. The molecule has 7 heteroatoms. The van der Waals surface area contributed by atoms with Crippen LogP contribution in [0.2, 0.25) is 0 Å². The van der Waals surface area contributed by atoms with E-state index in [0.29, 0.717) is 22.8 Å². The zero-order valence-corrected chi connectivity index (χ0v) is 15.2. The Balaban J connectivity index is 1.77. The Morgan fingerprint density at radius 3 is 2.37 bits per heavy atom. The molecule has 3 aromatic rings. The van der Waals surface area contributed by atoms with E-state index in [1.165, 1.54) is 27.5 Å². The van der Waals surface area contributed by atoms with Crippen molar-refractivity contribution in [3.05, 3.63) is 59.8 Å². The minimum atomic E-state index is -0.399. The Bertz CT molecular complexity index is 976. The number of carbonyl (C=O) groups is 1. The van der Waals surface area contributed by atoms with E-state index in [4.69, 9.17) is 14.2 Å². The van der Waals surface area contributed by atoms with Crippen LogP contribution in [0.5, 0.6) is 17.2 Å². The second kappa shape index (κ2) is 8.18. The first-order valence-corrected chi connectivity index (χ1v) is 8.15. The van der Waals surface area contributed by atoms with E-state index in [0.717, 1.165) is 10.9 Å². The molecule has 3 rings (SSSR count). The highest BCUT2D eigenvalue weighted by atomic mass is 16.5. The monoisotopic (exact) mass is 365 g/mol. The number of amides is 1. The van der Waals surface area contributed by atoms with Crippen molar-refractivity contribution in [3.8, 4) is 17.2 Å². The molecule has 0 aliphatic rings. The van der Waals surface area contributed by atoms with E-state index in [2.05, 4.69) is 15.5 Å². The smallest absolute Gasteiger partial charge is 0.289 e. The number of rotatable bonds is 6. The Labute approximate surface area is 156 Å². The van der Waals surface area contributed by atoms with Crippen LogP contribution in [-0.2, 0) is 0 Å². The number of methoxy groups -OCH3 is 3. The molecule has 1 amide bonds. The van der Waals surface area contributed by atoms with Crippen LogP contribution >= 0.6 is 0 Å². The van der Waals surface area contributed by atoms with Crippen LogP contribution in [0.3, 0.4) is 0 Å². The van der Waals surface area contributed by atoms with Crippen molar-refractivity contribution in [2.24, 2.45) is 5.10 Å². The number of nitrogens with one attached hydrogen (secondary N) is 1. The molecule has 0 saturated heterocycles. The van der Waals surface area contributed by atoms with Gasteiger partial charge in [0, 0.05) is 10.9 Å². The number of para-hydroxylation sites is 1. The number of fused-ring (bicyclic) bond motifs is 1. The fourth-order valence-electron chi connectivity index (χ4n) is 2.59. The van der Waals surface area contributed by atoms with Crippen LogP contribution in [0.1, 0.15) is 16.1 Å². The van der Waals surface area contributed by atoms with Crippen molar-refractivity contribution in [3.63, 3.8) is 0 Å².